The van der Waals surface area contributed by atoms with Crippen LogP contribution in [0.15, 0.2) is 0 Å². The molecule has 2 aliphatic heterocycles. The average molecular weight is 271 g/mol. The summed E-state index contributed by atoms with van der Waals surface area (Å²) in [4.78, 5) is 2.37. The van der Waals surface area contributed by atoms with Gasteiger partial charge >= 0.3 is 0 Å². The Morgan fingerprint density at radius 2 is 2.44 bits per heavy atom. The van der Waals surface area contributed by atoms with E-state index in [0.717, 1.165) is 31.7 Å². The quantitative estimate of drug-likeness (QED) is 0.601. The molecule has 2 aliphatic rings. The lowest BCUT2D eigenvalue weighted by Gasteiger charge is -2.42. The fourth-order valence-corrected chi connectivity index (χ4v) is 4.30. The summed E-state index contributed by atoms with van der Waals surface area (Å²) < 4.78 is 6.04. The van der Waals surface area contributed by atoms with Gasteiger partial charge in [0.2, 0.25) is 0 Å². The molecule has 0 amide bonds. The molecule has 2 fully saturated rings. The summed E-state index contributed by atoms with van der Waals surface area (Å²) in [6.45, 7) is 3.78. The monoisotopic (exact) mass is 271 g/mol. The van der Waals surface area contributed by atoms with Crippen LogP contribution < -0.4 is 5.73 Å². The minimum absolute atomic E-state index is 0.140. The van der Waals surface area contributed by atoms with Crippen molar-refractivity contribution in [1.82, 2.24) is 4.90 Å². The third kappa shape index (κ3) is 3.19. The predicted octanol–water partition coefficient (Wildman–Crippen LogP) is 1.54. The third-order valence-electron chi connectivity index (χ3n) is 4.25. The van der Waals surface area contributed by atoms with E-state index >= 15 is 0 Å². The molecule has 18 heavy (non-hydrogen) atoms. The highest BCUT2D eigenvalue weighted by Gasteiger charge is 2.41. The molecule has 104 valence electrons. The molecule has 0 radical (unpaired) electrons. The van der Waals surface area contributed by atoms with E-state index in [4.69, 9.17) is 15.9 Å². The molecule has 2 heterocycles. The lowest BCUT2D eigenvalue weighted by Crippen LogP contribution is -2.49. The summed E-state index contributed by atoms with van der Waals surface area (Å²) in [6.07, 6.45) is 3.44. The van der Waals surface area contributed by atoms with E-state index in [1.807, 2.05) is 18.7 Å². The fourth-order valence-electron chi connectivity index (χ4n) is 2.92. The van der Waals surface area contributed by atoms with Crippen molar-refractivity contribution < 1.29 is 4.74 Å². The Morgan fingerprint density at radius 3 is 3.06 bits per heavy atom. The Morgan fingerprint density at radius 1 is 1.67 bits per heavy atom. The van der Waals surface area contributed by atoms with Crippen LogP contribution in [0, 0.1) is 11.3 Å². The van der Waals surface area contributed by atoms with Crippen LogP contribution in [0.5, 0.6) is 0 Å². The van der Waals surface area contributed by atoms with E-state index in [1.165, 1.54) is 12.2 Å². The normalized spacial score (nSPS) is 34.1. The fraction of sp³-hybridized carbons (Fsp3) is 0.923. The van der Waals surface area contributed by atoms with Gasteiger partial charge in [-0.25, -0.2) is 0 Å². The van der Waals surface area contributed by atoms with Gasteiger partial charge in [-0.15, -0.1) is 0 Å². The Labute approximate surface area is 114 Å². The molecule has 0 saturated carbocycles. The first-order chi connectivity index (χ1) is 8.52. The highest BCUT2D eigenvalue weighted by atomic mass is 32.2. The molecule has 5 heteroatoms. The molecule has 1 spiro atoms. The van der Waals surface area contributed by atoms with Crippen molar-refractivity contribution in [3.05, 3.63) is 0 Å². The van der Waals surface area contributed by atoms with E-state index < -0.39 is 0 Å². The number of nitrogens with one attached hydrogen (secondary N) is 1. The molecular weight excluding hydrogens is 246 g/mol. The summed E-state index contributed by atoms with van der Waals surface area (Å²) in [5, 5.41) is 7.49. The molecule has 3 N–H and O–H groups in total. The van der Waals surface area contributed by atoms with E-state index in [-0.39, 0.29) is 11.5 Å². The number of thioether (sulfide) groups is 1. The summed E-state index contributed by atoms with van der Waals surface area (Å²) in [6, 6.07) is 0.583. The maximum Gasteiger partial charge on any atom is 0.0947 e. The number of amidine groups is 1. The molecule has 3 atom stereocenters. The maximum atomic E-state index is 7.49. The first-order valence-electron chi connectivity index (χ1n) is 6.78. The number of nitrogens with zero attached hydrogens (tertiary/aromatic N) is 1. The summed E-state index contributed by atoms with van der Waals surface area (Å²) in [5.41, 5.74) is 5.70. The molecule has 0 aromatic heterocycles. The van der Waals surface area contributed by atoms with Crippen molar-refractivity contribution in [2.45, 2.75) is 37.8 Å². The van der Waals surface area contributed by atoms with Gasteiger partial charge in [0, 0.05) is 30.9 Å². The Balaban J connectivity index is 1.90. The average Bonchev–Trinajstić information content (AvgIpc) is 2.77. The zero-order chi connectivity index (χ0) is 13.2. The summed E-state index contributed by atoms with van der Waals surface area (Å²) in [7, 11) is 2.16. The largest absolute Gasteiger partial charge is 0.387 e. The molecule has 4 nitrogen and oxygen atoms in total. The van der Waals surface area contributed by atoms with Crippen molar-refractivity contribution in [2.24, 2.45) is 11.7 Å². The molecule has 0 aromatic carbocycles. The molecular formula is C13H25N3OS. The van der Waals surface area contributed by atoms with Gasteiger partial charge in [-0.05, 0) is 32.1 Å². The van der Waals surface area contributed by atoms with Crippen LogP contribution in [-0.2, 0) is 4.74 Å². The van der Waals surface area contributed by atoms with Crippen molar-refractivity contribution in [2.75, 3.05) is 31.7 Å². The van der Waals surface area contributed by atoms with Gasteiger partial charge in [0.25, 0.3) is 0 Å². The minimum atomic E-state index is 0.140. The topological polar surface area (TPSA) is 62.3 Å². The van der Waals surface area contributed by atoms with Gasteiger partial charge in [0.15, 0.2) is 0 Å². The molecule has 0 aromatic rings. The second-order valence-electron chi connectivity index (χ2n) is 5.78. The van der Waals surface area contributed by atoms with Gasteiger partial charge in [-0.1, -0.05) is 6.92 Å². The Bertz CT molecular complexity index is 305. The summed E-state index contributed by atoms with van der Waals surface area (Å²) >= 11 is 2.01. The standard InChI is InChI=1S/C13H25N3OS/c1-10(12(14)15)8-16(2)11-3-5-17-13(7-11)4-6-18-9-13/h10-11H,3-9H2,1-2H3,(H3,14,15). The number of rotatable bonds is 4. The van der Waals surface area contributed by atoms with Crippen molar-refractivity contribution >= 4 is 17.6 Å². The molecule has 0 aliphatic carbocycles. The second kappa shape index (κ2) is 5.80. The van der Waals surface area contributed by atoms with E-state index in [1.54, 1.807) is 0 Å². The van der Waals surface area contributed by atoms with E-state index in [9.17, 15) is 0 Å². The van der Waals surface area contributed by atoms with Crippen LogP contribution in [0.3, 0.4) is 0 Å². The van der Waals surface area contributed by atoms with Crippen LogP contribution in [0.2, 0.25) is 0 Å². The van der Waals surface area contributed by atoms with Crippen LogP contribution in [-0.4, -0.2) is 54.1 Å². The predicted molar refractivity (Wildman–Crippen MR) is 77.4 cm³/mol. The van der Waals surface area contributed by atoms with Crippen molar-refractivity contribution in [1.29, 1.82) is 5.41 Å². The Hall–Kier alpha value is -0.260. The van der Waals surface area contributed by atoms with E-state index in [0.29, 0.717) is 11.9 Å². The smallest absolute Gasteiger partial charge is 0.0947 e. The van der Waals surface area contributed by atoms with Crippen LogP contribution in [0.4, 0.5) is 0 Å². The van der Waals surface area contributed by atoms with Gasteiger partial charge in [0.1, 0.15) is 0 Å². The van der Waals surface area contributed by atoms with Gasteiger partial charge in [-0.3, -0.25) is 5.41 Å². The maximum absolute atomic E-state index is 7.49. The first kappa shape index (κ1) is 14.2. The number of hydrogen-bond acceptors (Lipinski definition) is 4. The number of hydrogen-bond donors (Lipinski definition) is 2. The highest BCUT2D eigenvalue weighted by Crippen LogP contribution is 2.39. The number of ether oxygens (including phenoxy) is 1. The third-order valence-corrected chi connectivity index (χ3v) is 5.47. The zero-order valence-electron chi connectivity index (χ0n) is 11.4. The first-order valence-corrected chi connectivity index (χ1v) is 7.94. The highest BCUT2D eigenvalue weighted by molar-refractivity contribution is 7.99. The summed E-state index contributed by atoms with van der Waals surface area (Å²) in [5.74, 6) is 2.83. The molecule has 2 rings (SSSR count). The van der Waals surface area contributed by atoms with Gasteiger partial charge in [-0.2, -0.15) is 11.8 Å². The lowest BCUT2D eigenvalue weighted by molar-refractivity contribution is -0.0869. The van der Waals surface area contributed by atoms with Gasteiger partial charge in [0.05, 0.1) is 11.4 Å². The Kier molecular flexibility index (Phi) is 4.56. The van der Waals surface area contributed by atoms with E-state index in [2.05, 4.69) is 11.9 Å². The molecule has 3 unspecified atom stereocenters. The zero-order valence-corrected chi connectivity index (χ0v) is 12.3. The van der Waals surface area contributed by atoms with Gasteiger partial charge < -0.3 is 15.4 Å². The minimum Gasteiger partial charge on any atom is -0.387 e. The molecule has 2 saturated heterocycles. The second-order valence-corrected chi connectivity index (χ2v) is 6.88. The van der Waals surface area contributed by atoms with Crippen LogP contribution in [0.1, 0.15) is 26.2 Å². The molecule has 0 bridgehead atoms. The number of nitrogens with two attached hydrogens (primary N) is 1. The van der Waals surface area contributed by atoms with Crippen molar-refractivity contribution in [3.63, 3.8) is 0 Å². The lowest BCUT2D eigenvalue weighted by atomic mass is 9.89. The van der Waals surface area contributed by atoms with Crippen molar-refractivity contribution in [3.8, 4) is 0 Å². The SMILES string of the molecule is CC(CN(C)C1CCOC2(CCSC2)C1)C(=N)N. The van der Waals surface area contributed by atoms with Crippen LogP contribution >= 0.6 is 11.8 Å². The van der Waals surface area contributed by atoms with Crippen LogP contribution in [0.25, 0.3) is 0 Å².